The van der Waals surface area contributed by atoms with Gasteiger partial charge in [0, 0.05) is 6.07 Å². The Balaban J connectivity index is 2.68. The normalized spacial score (nSPS) is 10.1. The standard InChI is InChI=1S/C12H19NO2/c1-13-6-4-5-10-7-11(14-2)9-12(8-10)15-3/h7-9,13H,4-6H2,1-3H3. The first-order valence-electron chi connectivity index (χ1n) is 5.16. The summed E-state index contributed by atoms with van der Waals surface area (Å²) in [6, 6.07) is 6.00. The van der Waals surface area contributed by atoms with Gasteiger partial charge in [0.2, 0.25) is 0 Å². The number of nitrogens with one attached hydrogen (secondary N) is 1. The van der Waals surface area contributed by atoms with Gasteiger partial charge in [-0.15, -0.1) is 0 Å². The summed E-state index contributed by atoms with van der Waals surface area (Å²) in [6.45, 7) is 1.03. The first-order valence-corrected chi connectivity index (χ1v) is 5.16. The summed E-state index contributed by atoms with van der Waals surface area (Å²) in [5.74, 6) is 1.71. The van der Waals surface area contributed by atoms with E-state index >= 15 is 0 Å². The first kappa shape index (κ1) is 11.9. The van der Waals surface area contributed by atoms with Gasteiger partial charge in [0.05, 0.1) is 14.2 Å². The van der Waals surface area contributed by atoms with E-state index in [9.17, 15) is 0 Å². The van der Waals surface area contributed by atoms with E-state index in [-0.39, 0.29) is 0 Å². The zero-order valence-electron chi connectivity index (χ0n) is 9.67. The fraction of sp³-hybridized carbons (Fsp3) is 0.500. The number of methoxy groups -OCH3 is 2. The Hall–Kier alpha value is -1.22. The molecule has 0 bridgehead atoms. The fourth-order valence-electron chi connectivity index (χ4n) is 1.48. The molecule has 0 amide bonds. The Morgan fingerprint density at radius 3 is 2.13 bits per heavy atom. The third kappa shape index (κ3) is 3.80. The molecule has 1 aromatic carbocycles. The molecule has 0 saturated carbocycles. The zero-order valence-corrected chi connectivity index (χ0v) is 9.67. The van der Waals surface area contributed by atoms with Crippen LogP contribution in [0.5, 0.6) is 11.5 Å². The molecule has 0 atom stereocenters. The molecule has 1 N–H and O–H groups in total. The van der Waals surface area contributed by atoms with Crippen LogP contribution < -0.4 is 14.8 Å². The smallest absolute Gasteiger partial charge is 0.122 e. The molecule has 1 rings (SSSR count). The largest absolute Gasteiger partial charge is 0.497 e. The average Bonchev–Trinajstić information content (AvgIpc) is 2.29. The van der Waals surface area contributed by atoms with Crippen LogP contribution in [0.1, 0.15) is 12.0 Å². The number of rotatable bonds is 6. The third-order valence-electron chi connectivity index (χ3n) is 2.30. The van der Waals surface area contributed by atoms with Crippen molar-refractivity contribution in [3.05, 3.63) is 23.8 Å². The third-order valence-corrected chi connectivity index (χ3v) is 2.30. The molecule has 0 aromatic heterocycles. The first-order chi connectivity index (χ1) is 7.30. The van der Waals surface area contributed by atoms with E-state index in [4.69, 9.17) is 9.47 Å². The lowest BCUT2D eigenvalue weighted by atomic mass is 10.1. The van der Waals surface area contributed by atoms with Crippen LogP contribution in [0.3, 0.4) is 0 Å². The molecule has 3 heteroatoms. The second-order valence-electron chi connectivity index (χ2n) is 3.43. The van der Waals surface area contributed by atoms with E-state index in [0.717, 1.165) is 30.9 Å². The van der Waals surface area contributed by atoms with E-state index in [1.54, 1.807) is 14.2 Å². The topological polar surface area (TPSA) is 30.5 Å². The molecular weight excluding hydrogens is 190 g/mol. The fourth-order valence-corrected chi connectivity index (χ4v) is 1.48. The molecule has 3 nitrogen and oxygen atoms in total. The Labute approximate surface area is 91.4 Å². The molecular formula is C12H19NO2. The molecule has 0 aliphatic rings. The van der Waals surface area contributed by atoms with Crippen LogP contribution in [0.2, 0.25) is 0 Å². The van der Waals surface area contributed by atoms with E-state index in [1.807, 2.05) is 13.1 Å². The molecule has 0 radical (unpaired) electrons. The lowest BCUT2D eigenvalue weighted by molar-refractivity contribution is 0.393. The van der Waals surface area contributed by atoms with Crippen molar-refractivity contribution in [1.29, 1.82) is 0 Å². The van der Waals surface area contributed by atoms with Gasteiger partial charge in [0.25, 0.3) is 0 Å². The van der Waals surface area contributed by atoms with Gasteiger partial charge in [-0.1, -0.05) is 0 Å². The van der Waals surface area contributed by atoms with Crippen molar-refractivity contribution in [3.8, 4) is 11.5 Å². The van der Waals surface area contributed by atoms with Gasteiger partial charge < -0.3 is 14.8 Å². The monoisotopic (exact) mass is 209 g/mol. The van der Waals surface area contributed by atoms with Gasteiger partial charge in [-0.2, -0.15) is 0 Å². The summed E-state index contributed by atoms with van der Waals surface area (Å²) in [6.07, 6.45) is 2.15. The van der Waals surface area contributed by atoms with Crippen LogP contribution in [-0.4, -0.2) is 27.8 Å². The van der Waals surface area contributed by atoms with Crippen LogP contribution >= 0.6 is 0 Å². The highest BCUT2D eigenvalue weighted by Gasteiger charge is 2.01. The maximum absolute atomic E-state index is 5.21. The molecule has 0 aliphatic heterocycles. The molecule has 0 aliphatic carbocycles. The second-order valence-corrected chi connectivity index (χ2v) is 3.43. The van der Waals surface area contributed by atoms with E-state index in [1.165, 1.54) is 5.56 Å². The lowest BCUT2D eigenvalue weighted by Crippen LogP contribution is -2.08. The molecule has 0 heterocycles. The molecule has 1 aromatic rings. The van der Waals surface area contributed by atoms with Gasteiger partial charge in [0.15, 0.2) is 0 Å². The lowest BCUT2D eigenvalue weighted by Gasteiger charge is -2.08. The van der Waals surface area contributed by atoms with E-state index in [0.29, 0.717) is 0 Å². The minimum atomic E-state index is 0.855. The van der Waals surface area contributed by atoms with Crippen molar-refractivity contribution in [2.75, 3.05) is 27.8 Å². The number of hydrogen-bond acceptors (Lipinski definition) is 3. The van der Waals surface area contributed by atoms with E-state index < -0.39 is 0 Å². The van der Waals surface area contributed by atoms with Crippen molar-refractivity contribution >= 4 is 0 Å². The molecule has 0 saturated heterocycles. The van der Waals surface area contributed by atoms with Crippen molar-refractivity contribution < 1.29 is 9.47 Å². The Kier molecular flexibility index (Phi) is 4.98. The highest BCUT2D eigenvalue weighted by molar-refractivity contribution is 5.38. The van der Waals surface area contributed by atoms with Crippen LogP contribution in [0.4, 0.5) is 0 Å². The minimum Gasteiger partial charge on any atom is -0.497 e. The SMILES string of the molecule is CNCCCc1cc(OC)cc(OC)c1. The molecule has 0 spiro atoms. The Morgan fingerprint density at radius 2 is 1.67 bits per heavy atom. The summed E-state index contributed by atoms with van der Waals surface area (Å²) >= 11 is 0. The molecule has 0 unspecified atom stereocenters. The second kappa shape index (κ2) is 6.30. The zero-order chi connectivity index (χ0) is 11.1. The van der Waals surface area contributed by atoms with Crippen LogP contribution in [-0.2, 0) is 6.42 Å². The van der Waals surface area contributed by atoms with Crippen LogP contribution in [0, 0.1) is 0 Å². The Morgan fingerprint density at radius 1 is 1.07 bits per heavy atom. The van der Waals surface area contributed by atoms with Crippen molar-refractivity contribution in [2.24, 2.45) is 0 Å². The minimum absolute atomic E-state index is 0.855. The summed E-state index contributed by atoms with van der Waals surface area (Å²) in [4.78, 5) is 0. The van der Waals surface area contributed by atoms with Gasteiger partial charge in [0.1, 0.15) is 11.5 Å². The van der Waals surface area contributed by atoms with Crippen LogP contribution in [0.15, 0.2) is 18.2 Å². The van der Waals surface area contributed by atoms with Crippen molar-refractivity contribution in [1.82, 2.24) is 5.32 Å². The average molecular weight is 209 g/mol. The Bertz CT molecular complexity index is 277. The van der Waals surface area contributed by atoms with E-state index in [2.05, 4.69) is 17.4 Å². The highest BCUT2D eigenvalue weighted by atomic mass is 16.5. The predicted molar refractivity (Wildman–Crippen MR) is 61.8 cm³/mol. The number of ether oxygens (including phenoxy) is 2. The summed E-state index contributed by atoms with van der Waals surface area (Å²) in [5.41, 5.74) is 1.25. The van der Waals surface area contributed by atoms with Gasteiger partial charge in [-0.25, -0.2) is 0 Å². The summed E-state index contributed by atoms with van der Waals surface area (Å²) in [5, 5.41) is 3.13. The van der Waals surface area contributed by atoms with Crippen molar-refractivity contribution in [3.63, 3.8) is 0 Å². The maximum Gasteiger partial charge on any atom is 0.122 e. The molecule has 84 valence electrons. The summed E-state index contributed by atoms with van der Waals surface area (Å²) < 4.78 is 10.4. The maximum atomic E-state index is 5.21. The molecule has 0 fully saturated rings. The summed E-state index contributed by atoms with van der Waals surface area (Å²) in [7, 11) is 5.31. The van der Waals surface area contributed by atoms with Crippen molar-refractivity contribution in [2.45, 2.75) is 12.8 Å². The van der Waals surface area contributed by atoms with Gasteiger partial charge in [-0.05, 0) is 44.1 Å². The van der Waals surface area contributed by atoms with Gasteiger partial charge >= 0.3 is 0 Å². The molecule has 15 heavy (non-hydrogen) atoms. The number of benzene rings is 1. The van der Waals surface area contributed by atoms with Gasteiger partial charge in [-0.3, -0.25) is 0 Å². The number of hydrogen-bond donors (Lipinski definition) is 1. The highest BCUT2D eigenvalue weighted by Crippen LogP contribution is 2.23. The van der Waals surface area contributed by atoms with Crippen LogP contribution in [0.25, 0.3) is 0 Å². The predicted octanol–water partition coefficient (Wildman–Crippen LogP) is 1.86. The quantitative estimate of drug-likeness (QED) is 0.725. The number of aryl methyl sites for hydroxylation is 1.